The second-order valence-corrected chi connectivity index (χ2v) is 12.5. The van der Waals surface area contributed by atoms with E-state index < -0.39 is 16.1 Å². The van der Waals surface area contributed by atoms with Crippen LogP contribution < -0.4 is 14.4 Å². The zero-order valence-electron chi connectivity index (χ0n) is 24.7. The molecular formula is C32H40ClN3O5S. The molecule has 42 heavy (non-hydrogen) atoms. The van der Waals surface area contributed by atoms with Crippen molar-refractivity contribution in [2.75, 3.05) is 30.8 Å². The molecule has 226 valence electrons. The molecule has 0 bridgehead atoms. The van der Waals surface area contributed by atoms with Crippen molar-refractivity contribution in [1.82, 2.24) is 10.2 Å². The number of methoxy groups -OCH3 is 1. The lowest BCUT2D eigenvalue weighted by Gasteiger charge is -2.32. The minimum absolute atomic E-state index is 0.0436. The highest BCUT2D eigenvalue weighted by atomic mass is 35.5. The van der Waals surface area contributed by atoms with Crippen molar-refractivity contribution in [3.8, 4) is 5.75 Å². The van der Waals surface area contributed by atoms with Crippen LogP contribution in [0.5, 0.6) is 5.75 Å². The quantitative estimate of drug-likeness (QED) is 0.249. The first-order valence-corrected chi connectivity index (χ1v) is 16.2. The van der Waals surface area contributed by atoms with Gasteiger partial charge in [-0.25, -0.2) is 8.42 Å². The van der Waals surface area contributed by atoms with Gasteiger partial charge in [0, 0.05) is 37.5 Å². The Bertz CT molecular complexity index is 1450. The monoisotopic (exact) mass is 613 g/mol. The molecule has 3 aromatic rings. The number of nitrogens with zero attached hydrogens (tertiary/aromatic N) is 2. The van der Waals surface area contributed by atoms with Crippen LogP contribution >= 0.6 is 11.6 Å². The van der Waals surface area contributed by atoms with Gasteiger partial charge in [0.25, 0.3) is 0 Å². The SMILES string of the molecule is CCCNC(=O)[C@H](Cc1ccccc1)N(Cc1cccc(OC)c1)C(=O)CCCN(c1cccc(Cl)c1C)S(C)(=O)=O. The van der Waals surface area contributed by atoms with Crippen LogP contribution in [0.3, 0.4) is 0 Å². The molecular weight excluding hydrogens is 574 g/mol. The van der Waals surface area contributed by atoms with Gasteiger partial charge in [-0.2, -0.15) is 0 Å². The van der Waals surface area contributed by atoms with E-state index in [1.54, 1.807) is 37.1 Å². The van der Waals surface area contributed by atoms with Crippen molar-refractivity contribution in [2.24, 2.45) is 0 Å². The number of hydrogen-bond donors (Lipinski definition) is 1. The third-order valence-electron chi connectivity index (χ3n) is 6.97. The highest BCUT2D eigenvalue weighted by Crippen LogP contribution is 2.28. The van der Waals surface area contributed by atoms with Gasteiger partial charge in [-0.15, -0.1) is 0 Å². The van der Waals surface area contributed by atoms with Gasteiger partial charge < -0.3 is 15.0 Å². The van der Waals surface area contributed by atoms with Gasteiger partial charge in [0.2, 0.25) is 21.8 Å². The van der Waals surface area contributed by atoms with Crippen molar-refractivity contribution >= 4 is 39.1 Å². The zero-order chi connectivity index (χ0) is 30.7. The lowest BCUT2D eigenvalue weighted by Crippen LogP contribution is -2.50. The van der Waals surface area contributed by atoms with E-state index in [0.29, 0.717) is 35.0 Å². The first-order valence-electron chi connectivity index (χ1n) is 14.0. The number of benzene rings is 3. The molecule has 3 aromatic carbocycles. The molecule has 10 heteroatoms. The van der Waals surface area contributed by atoms with E-state index in [1.165, 1.54) is 4.31 Å². The maximum atomic E-state index is 13.9. The van der Waals surface area contributed by atoms with E-state index in [4.69, 9.17) is 16.3 Å². The topological polar surface area (TPSA) is 96.0 Å². The predicted molar refractivity (Wildman–Crippen MR) is 168 cm³/mol. The lowest BCUT2D eigenvalue weighted by molar-refractivity contribution is -0.141. The van der Waals surface area contributed by atoms with Crippen LogP contribution in [0.1, 0.15) is 42.9 Å². The second kappa shape index (κ2) is 15.6. The number of halogens is 1. The van der Waals surface area contributed by atoms with Crippen LogP contribution in [0.2, 0.25) is 5.02 Å². The van der Waals surface area contributed by atoms with Gasteiger partial charge >= 0.3 is 0 Å². The average molecular weight is 614 g/mol. The first kappa shape index (κ1) is 32.9. The van der Waals surface area contributed by atoms with Crippen LogP contribution in [-0.4, -0.2) is 57.6 Å². The second-order valence-electron chi connectivity index (χ2n) is 10.2. The summed E-state index contributed by atoms with van der Waals surface area (Å²) < 4.78 is 32.1. The minimum Gasteiger partial charge on any atom is -0.497 e. The maximum Gasteiger partial charge on any atom is 0.243 e. The lowest BCUT2D eigenvalue weighted by atomic mass is 10.0. The van der Waals surface area contributed by atoms with Gasteiger partial charge in [0.1, 0.15) is 11.8 Å². The summed E-state index contributed by atoms with van der Waals surface area (Å²) in [5, 5.41) is 3.43. The van der Waals surface area contributed by atoms with Gasteiger partial charge in [-0.05, 0) is 60.7 Å². The van der Waals surface area contributed by atoms with E-state index in [-0.39, 0.29) is 37.7 Å². The Morgan fingerprint density at radius 1 is 1.00 bits per heavy atom. The Balaban J connectivity index is 1.91. The molecule has 0 fully saturated rings. The normalized spacial score (nSPS) is 11.9. The maximum absolute atomic E-state index is 13.9. The third-order valence-corrected chi connectivity index (χ3v) is 8.56. The van der Waals surface area contributed by atoms with Crippen LogP contribution in [0.15, 0.2) is 72.8 Å². The fraction of sp³-hybridized carbons (Fsp3) is 0.375. The van der Waals surface area contributed by atoms with Gasteiger partial charge in [0.15, 0.2) is 0 Å². The largest absolute Gasteiger partial charge is 0.497 e. The first-order chi connectivity index (χ1) is 20.0. The third kappa shape index (κ3) is 9.22. The van der Waals surface area contributed by atoms with E-state index in [2.05, 4.69) is 5.32 Å². The Morgan fingerprint density at radius 3 is 2.36 bits per heavy atom. The van der Waals surface area contributed by atoms with Crippen LogP contribution in [-0.2, 0) is 32.6 Å². The van der Waals surface area contributed by atoms with E-state index in [1.807, 2.05) is 61.5 Å². The summed E-state index contributed by atoms with van der Waals surface area (Å²) in [6, 6.07) is 21.3. The fourth-order valence-electron chi connectivity index (χ4n) is 4.74. The number of hydrogen-bond acceptors (Lipinski definition) is 5. The number of carbonyl (C=O) groups excluding carboxylic acids is 2. The molecule has 0 aliphatic rings. The smallest absolute Gasteiger partial charge is 0.243 e. The summed E-state index contributed by atoms with van der Waals surface area (Å²) in [6.07, 6.45) is 2.53. The summed E-state index contributed by atoms with van der Waals surface area (Å²) in [5.41, 5.74) is 2.87. The van der Waals surface area contributed by atoms with Crippen LogP contribution in [0.4, 0.5) is 5.69 Å². The van der Waals surface area contributed by atoms with E-state index in [9.17, 15) is 18.0 Å². The predicted octanol–water partition coefficient (Wildman–Crippen LogP) is 5.37. The molecule has 0 aliphatic carbocycles. The minimum atomic E-state index is -3.64. The molecule has 0 aromatic heterocycles. The van der Waals surface area contributed by atoms with Crippen molar-refractivity contribution < 1.29 is 22.7 Å². The van der Waals surface area contributed by atoms with Crippen molar-refractivity contribution in [3.05, 3.63) is 94.5 Å². The molecule has 0 unspecified atom stereocenters. The van der Waals surface area contributed by atoms with E-state index >= 15 is 0 Å². The Morgan fingerprint density at radius 2 is 1.69 bits per heavy atom. The molecule has 0 heterocycles. The summed E-state index contributed by atoms with van der Waals surface area (Å²) >= 11 is 6.27. The standard InChI is InChI=1S/C32H40ClN3O5S/c1-5-19-34-32(38)30(22-25-12-7-6-8-13-25)35(23-26-14-9-15-27(21-26)41-3)31(37)18-11-20-36(42(4,39)40)29-17-10-16-28(33)24(29)2/h6-10,12-17,21,30H,5,11,18-20,22-23H2,1-4H3,(H,34,38)/t30-/m0/s1. The summed E-state index contributed by atoms with van der Waals surface area (Å²) in [6.45, 7) is 4.51. The number of sulfonamides is 1. The molecule has 1 atom stereocenters. The summed E-state index contributed by atoms with van der Waals surface area (Å²) in [4.78, 5) is 29.0. The van der Waals surface area contributed by atoms with Gasteiger partial charge in [-0.1, -0.05) is 67.1 Å². The van der Waals surface area contributed by atoms with Crippen LogP contribution in [0.25, 0.3) is 0 Å². The molecule has 3 rings (SSSR count). The Hall–Kier alpha value is -3.56. The average Bonchev–Trinajstić information content (AvgIpc) is 2.97. The van der Waals surface area contributed by atoms with Gasteiger partial charge in [0.05, 0.1) is 19.1 Å². The Labute approximate surface area is 254 Å². The highest BCUT2D eigenvalue weighted by Gasteiger charge is 2.30. The number of rotatable bonds is 15. The summed E-state index contributed by atoms with van der Waals surface area (Å²) in [5.74, 6) is 0.168. The molecule has 1 N–H and O–H groups in total. The molecule has 2 amide bonds. The van der Waals surface area contributed by atoms with E-state index in [0.717, 1.165) is 23.8 Å². The fourth-order valence-corrected chi connectivity index (χ4v) is 5.92. The van der Waals surface area contributed by atoms with Crippen molar-refractivity contribution in [1.29, 1.82) is 0 Å². The number of anilines is 1. The zero-order valence-corrected chi connectivity index (χ0v) is 26.2. The van der Waals surface area contributed by atoms with Crippen molar-refractivity contribution in [3.63, 3.8) is 0 Å². The highest BCUT2D eigenvalue weighted by molar-refractivity contribution is 7.92. The molecule has 8 nitrogen and oxygen atoms in total. The van der Waals surface area contributed by atoms with Crippen molar-refractivity contribution in [2.45, 2.75) is 52.1 Å². The number of amides is 2. The number of ether oxygens (including phenoxy) is 1. The summed E-state index contributed by atoms with van der Waals surface area (Å²) in [7, 11) is -2.06. The number of nitrogens with one attached hydrogen (secondary N) is 1. The molecule has 0 saturated carbocycles. The van der Waals surface area contributed by atoms with Crippen LogP contribution in [0, 0.1) is 6.92 Å². The Kier molecular flexibility index (Phi) is 12.2. The molecule has 0 saturated heterocycles. The molecule has 0 radical (unpaired) electrons. The number of carbonyl (C=O) groups is 2. The molecule has 0 spiro atoms. The molecule has 0 aliphatic heterocycles. The van der Waals surface area contributed by atoms with Gasteiger partial charge in [-0.3, -0.25) is 13.9 Å².